The zero-order chi connectivity index (χ0) is 13.7. The summed E-state index contributed by atoms with van der Waals surface area (Å²) in [7, 11) is 1.64. The highest BCUT2D eigenvalue weighted by molar-refractivity contribution is 9.10. The Balaban J connectivity index is 2.83. The molecule has 1 rings (SSSR count). The monoisotopic (exact) mass is 334 g/mol. The average molecular weight is 336 g/mol. The summed E-state index contributed by atoms with van der Waals surface area (Å²) in [6, 6.07) is 3.67. The Bertz CT molecular complexity index is 399. The fourth-order valence-electron chi connectivity index (χ4n) is 1.73. The van der Waals surface area contributed by atoms with Crippen molar-refractivity contribution in [1.29, 1.82) is 0 Å². The maximum atomic E-state index is 6.04. The van der Waals surface area contributed by atoms with Crippen LogP contribution in [0.3, 0.4) is 0 Å². The second-order valence-corrected chi connectivity index (χ2v) is 5.88. The first-order valence-electron chi connectivity index (χ1n) is 5.96. The van der Waals surface area contributed by atoms with Crippen molar-refractivity contribution in [3.63, 3.8) is 0 Å². The summed E-state index contributed by atoms with van der Waals surface area (Å²) < 4.78 is 6.20. The maximum Gasteiger partial charge on any atom is 0.156 e. The van der Waals surface area contributed by atoms with Crippen LogP contribution in [0.15, 0.2) is 16.6 Å². The Kier molecular flexibility index (Phi) is 6.26. The van der Waals surface area contributed by atoms with E-state index in [-0.39, 0.29) is 0 Å². The number of methoxy groups -OCH3 is 1. The molecule has 1 unspecified atom stereocenters. The van der Waals surface area contributed by atoms with Gasteiger partial charge in [-0.1, -0.05) is 25.4 Å². The Morgan fingerprint density at radius 2 is 2.11 bits per heavy atom. The highest BCUT2D eigenvalue weighted by atomic mass is 79.9. The van der Waals surface area contributed by atoms with E-state index in [9.17, 15) is 0 Å². The minimum Gasteiger partial charge on any atom is -0.493 e. The Morgan fingerprint density at radius 1 is 1.44 bits per heavy atom. The van der Waals surface area contributed by atoms with Crippen molar-refractivity contribution >= 4 is 33.2 Å². The number of ether oxygens (including phenoxy) is 1. The van der Waals surface area contributed by atoms with E-state index >= 15 is 0 Å². The summed E-state index contributed by atoms with van der Waals surface area (Å²) >= 11 is 9.48. The van der Waals surface area contributed by atoms with Crippen LogP contribution in [-0.4, -0.2) is 20.2 Å². The van der Waals surface area contributed by atoms with Crippen molar-refractivity contribution < 1.29 is 4.74 Å². The summed E-state index contributed by atoms with van der Waals surface area (Å²) in [4.78, 5) is 0. The molecule has 1 aromatic rings. The normalized spacial score (nSPS) is 12.6. The van der Waals surface area contributed by atoms with Crippen LogP contribution in [0.25, 0.3) is 0 Å². The lowest BCUT2D eigenvalue weighted by atomic mass is 9.96. The number of hydrogen-bond donors (Lipinski definition) is 2. The van der Waals surface area contributed by atoms with Gasteiger partial charge in [0.05, 0.1) is 17.3 Å². The third kappa shape index (κ3) is 4.04. The number of benzene rings is 1. The summed E-state index contributed by atoms with van der Waals surface area (Å²) in [5.74, 6) is 1.72. The summed E-state index contributed by atoms with van der Waals surface area (Å²) in [5, 5.41) is 4.02. The quantitative estimate of drug-likeness (QED) is 0.832. The first-order chi connectivity index (χ1) is 8.49. The van der Waals surface area contributed by atoms with Gasteiger partial charge < -0.3 is 15.8 Å². The Hall–Kier alpha value is -0.450. The first-order valence-corrected chi connectivity index (χ1v) is 7.13. The van der Waals surface area contributed by atoms with E-state index in [0.29, 0.717) is 23.4 Å². The average Bonchev–Trinajstić information content (AvgIpc) is 2.28. The lowest BCUT2D eigenvalue weighted by molar-refractivity contribution is 0.404. The third-order valence-electron chi connectivity index (χ3n) is 3.01. The van der Waals surface area contributed by atoms with E-state index in [1.165, 1.54) is 0 Å². The highest BCUT2D eigenvalue weighted by Crippen LogP contribution is 2.36. The van der Waals surface area contributed by atoms with Crippen LogP contribution in [0.4, 0.5) is 5.69 Å². The predicted molar refractivity (Wildman–Crippen MR) is 81.6 cm³/mol. The van der Waals surface area contributed by atoms with E-state index in [2.05, 4.69) is 35.1 Å². The van der Waals surface area contributed by atoms with Gasteiger partial charge in [0.15, 0.2) is 5.75 Å². The molecule has 0 radical (unpaired) electrons. The fraction of sp³-hybridized carbons (Fsp3) is 0.538. The molecule has 0 saturated carbocycles. The van der Waals surface area contributed by atoms with Crippen LogP contribution in [0.1, 0.15) is 13.8 Å². The zero-order valence-corrected chi connectivity index (χ0v) is 13.3. The minimum atomic E-state index is 0.424. The SMILES string of the molecule is COc1c(Br)cc(Cl)cc1NCC(CN)C(C)C. The van der Waals surface area contributed by atoms with Crippen LogP contribution in [0.2, 0.25) is 5.02 Å². The number of nitrogens with one attached hydrogen (secondary N) is 1. The van der Waals surface area contributed by atoms with Gasteiger partial charge in [-0.15, -0.1) is 0 Å². The molecule has 1 atom stereocenters. The molecule has 3 nitrogen and oxygen atoms in total. The first kappa shape index (κ1) is 15.6. The van der Waals surface area contributed by atoms with Crippen molar-refractivity contribution in [3.8, 4) is 5.75 Å². The van der Waals surface area contributed by atoms with Crippen molar-refractivity contribution in [1.82, 2.24) is 0 Å². The smallest absolute Gasteiger partial charge is 0.156 e. The molecule has 0 amide bonds. The van der Waals surface area contributed by atoms with E-state index < -0.39 is 0 Å². The number of anilines is 1. The largest absolute Gasteiger partial charge is 0.493 e. The van der Waals surface area contributed by atoms with Gasteiger partial charge >= 0.3 is 0 Å². The molecule has 102 valence electrons. The minimum absolute atomic E-state index is 0.424. The molecule has 0 spiro atoms. The summed E-state index contributed by atoms with van der Waals surface area (Å²) in [6.07, 6.45) is 0. The van der Waals surface area contributed by atoms with Crippen molar-refractivity contribution in [3.05, 3.63) is 21.6 Å². The second-order valence-electron chi connectivity index (χ2n) is 4.59. The van der Waals surface area contributed by atoms with Crippen LogP contribution < -0.4 is 15.8 Å². The van der Waals surface area contributed by atoms with Crippen molar-refractivity contribution in [2.75, 3.05) is 25.5 Å². The molecule has 0 aliphatic carbocycles. The standard InChI is InChI=1S/C13H20BrClN2O/c1-8(2)9(6-16)7-17-12-5-10(15)4-11(14)13(12)18-3/h4-5,8-9,17H,6-7,16H2,1-3H3. The predicted octanol–water partition coefficient (Wildman–Crippen LogP) is 3.75. The fourth-order valence-corrected chi connectivity index (χ4v) is 2.70. The number of hydrogen-bond acceptors (Lipinski definition) is 3. The van der Waals surface area contributed by atoms with Gasteiger partial charge in [-0.3, -0.25) is 0 Å². The van der Waals surface area contributed by atoms with E-state index in [4.69, 9.17) is 22.1 Å². The van der Waals surface area contributed by atoms with Crippen LogP contribution >= 0.6 is 27.5 Å². The van der Waals surface area contributed by atoms with Crippen LogP contribution in [0, 0.1) is 11.8 Å². The van der Waals surface area contributed by atoms with Gasteiger partial charge in [0.1, 0.15) is 0 Å². The molecule has 0 heterocycles. The van der Waals surface area contributed by atoms with E-state index in [0.717, 1.165) is 22.5 Å². The van der Waals surface area contributed by atoms with Crippen molar-refractivity contribution in [2.24, 2.45) is 17.6 Å². The van der Waals surface area contributed by atoms with Gasteiger partial charge in [-0.25, -0.2) is 0 Å². The molecular weight excluding hydrogens is 316 g/mol. The molecule has 0 bridgehead atoms. The second kappa shape index (κ2) is 7.22. The Labute approximate surface area is 122 Å². The summed E-state index contributed by atoms with van der Waals surface area (Å²) in [6.45, 7) is 5.81. The Morgan fingerprint density at radius 3 is 2.61 bits per heavy atom. The van der Waals surface area contributed by atoms with Crippen LogP contribution in [-0.2, 0) is 0 Å². The molecule has 0 fully saturated rings. The van der Waals surface area contributed by atoms with E-state index in [1.54, 1.807) is 7.11 Å². The molecule has 0 aliphatic heterocycles. The molecule has 0 saturated heterocycles. The molecule has 1 aromatic carbocycles. The number of rotatable bonds is 6. The van der Waals surface area contributed by atoms with E-state index in [1.807, 2.05) is 12.1 Å². The van der Waals surface area contributed by atoms with Gasteiger partial charge in [0.25, 0.3) is 0 Å². The topological polar surface area (TPSA) is 47.3 Å². The summed E-state index contributed by atoms with van der Waals surface area (Å²) in [5.41, 5.74) is 6.65. The van der Waals surface area contributed by atoms with Gasteiger partial charge in [-0.05, 0) is 46.4 Å². The maximum absolute atomic E-state index is 6.04. The lowest BCUT2D eigenvalue weighted by Gasteiger charge is -2.21. The molecular formula is C13H20BrClN2O. The lowest BCUT2D eigenvalue weighted by Crippen LogP contribution is -2.27. The number of nitrogens with two attached hydrogens (primary N) is 1. The van der Waals surface area contributed by atoms with Crippen LogP contribution in [0.5, 0.6) is 5.75 Å². The zero-order valence-electron chi connectivity index (χ0n) is 11.0. The van der Waals surface area contributed by atoms with Gasteiger partial charge in [-0.2, -0.15) is 0 Å². The molecule has 0 aliphatic rings. The molecule has 5 heteroatoms. The number of halogens is 2. The highest BCUT2D eigenvalue weighted by Gasteiger charge is 2.14. The van der Waals surface area contributed by atoms with Gasteiger partial charge in [0, 0.05) is 11.6 Å². The van der Waals surface area contributed by atoms with Gasteiger partial charge in [0.2, 0.25) is 0 Å². The molecule has 3 N–H and O–H groups in total. The third-order valence-corrected chi connectivity index (χ3v) is 3.82. The molecule has 0 aromatic heterocycles. The van der Waals surface area contributed by atoms with Crippen molar-refractivity contribution in [2.45, 2.75) is 13.8 Å². The molecule has 18 heavy (non-hydrogen) atoms.